The Hall–Kier alpha value is -0.480. The maximum atomic E-state index is 11.1. The topological polar surface area (TPSA) is 55.1 Å². The average Bonchev–Trinajstić information content (AvgIpc) is 2.53. The third kappa shape index (κ3) is 3.28. The highest BCUT2D eigenvalue weighted by atomic mass is 32.2. The number of carbonyl (C=O) groups is 1. The predicted octanol–water partition coefficient (Wildman–Crippen LogP) is 0.123. The Bertz CT molecular complexity index is 176. The molecular formula is C8H14N2OS. The Morgan fingerprint density at radius 3 is 3.17 bits per heavy atom. The summed E-state index contributed by atoms with van der Waals surface area (Å²) in [5.41, 5.74) is 5.21. The van der Waals surface area contributed by atoms with Crippen LogP contribution in [0, 0.1) is 0 Å². The summed E-state index contributed by atoms with van der Waals surface area (Å²) in [5.74, 6) is 2.18. The number of hydrogen-bond acceptors (Lipinski definition) is 3. The van der Waals surface area contributed by atoms with Crippen LogP contribution in [-0.2, 0) is 4.79 Å². The van der Waals surface area contributed by atoms with Gasteiger partial charge in [0.2, 0.25) is 5.91 Å². The maximum Gasteiger partial charge on any atom is 0.243 e. The van der Waals surface area contributed by atoms with Crippen LogP contribution in [0.15, 0.2) is 12.2 Å². The standard InChI is InChI=1S/C8H14N2OS/c9-4-1-2-8(11)10-7-3-5-12-6-7/h1-2,7H,3-6,9H2,(H,10,11)/b2-1+. The summed E-state index contributed by atoms with van der Waals surface area (Å²) in [6.45, 7) is 0.423. The Kier molecular flexibility index (Phi) is 4.18. The fraction of sp³-hybridized carbons (Fsp3) is 0.625. The predicted molar refractivity (Wildman–Crippen MR) is 52.1 cm³/mol. The van der Waals surface area contributed by atoms with Crippen molar-refractivity contribution in [1.82, 2.24) is 5.32 Å². The van der Waals surface area contributed by atoms with Crippen LogP contribution in [0.3, 0.4) is 0 Å². The summed E-state index contributed by atoms with van der Waals surface area (Å²) in [7, 11) is 0. The van der Waals surface area contributed by atoms with Crippen LogP contribution < -0.4 is 11.1 Å². The van der Waals surface area contributed by atoms with Gasteiger partial charge in [0.1, 0.15) is 0 Å². The molecule has 1 rings (SSSR count). The second kappa shape index (κ2) is 5.22. The van der Waals surface area contributed by atoms with Crippen molar-refractivity contribution >= 4 is 17.7 Å². The Labute approximate surface area is 76.8 Å². The molecule has 1 unspecified atom stereocenters. The number of hydrogen-bond donors (Lipinski definition) is 2. The van der Waals surface area contributed by atoms with Crippen molar-refractivity contribution < 1.29 is 4.79 Å². The fourth-order valence-electron chi connectivity index (χ4n) is 1.07. The molecule has 1 fully saturated rings. The van der Waals surface area contributed by atoms with Crippen molar-refractivity contribution in [2.45, 2.75) is 12.5 Å². The van der Waals surface area contributed by atoms with Crippen LogP contribution in [0.5, 0.6) is 0 Å². The first-order valence-electron chi connectivity index (χ1n) is 4.08. The number of nitrogens with two attached hydrogens (primary N) is 1. The van der Waals surface area contributed by atoms with Gasteiger partial charge in [0.25, 0.3) is 0 Å². The van der Waals surface area contributed by atoms with E-state index < -0.39 is 0 Å². The SMILES string of the molecule is NC/C=C/C(=O)NC1CCSC1. The van der Waals surface area contributed by atoms with Gasteiger partial charge in [0.05, 0.1) is 0 Å². The zero-order valence-electron chi connectivity index (χ0n) is 6.95. The van der Waals surface area contributed by atoms with Gasteiger partial charge in [-0.2, -0.15) is 11.8 Å². The smallest absolute Gasteiger partial charge is 0.243 e. The van der Waals surface area contributed by atoms with E-state index in [1.54, 1.807) is 6.08 Å². The largest absolute Gasteiger partial charge is 0.349 e. The van der Waals surface area contributed by atoms with E-state index in [-0.39, 0.29) is 5.91 Å². The van der Waals surface area contributed by atoms with E-state index in [0.29, 0.717) is 12.6 Å². The summed E-state index contributed by atoms with van der Waals surface area (Å²) in [6, 6.07) is 0.366. The molecule has 0 aromatic rings. The highest BCUT2D eigenvalue weighted by Crippen LogP contribution is 2.16. The van der Waals surface area contributed by atoms with Gasteiger partial charge >= 0.3 is 0 Å². The summed E-state index contributed by atoms with van der Waals surface area (Å²) >= 11 is 1.88. The van der Waals surface area contributed by atoms with Gasteiger partial charge in [-0.25, -0.2) is 0 Å². The monoisotopic (exact) mass is 186 g/mol. The van der Waals surface area contributed by atoms with Crippen molar-refractivity contribution in [3.8, 4) is 0 Å². The average molecular weight is 186 g/mol. The lowest BCUT2D eigenvalue weighted by molar-refractivity contribution is -0.117. The zero-order chi connectivity index (χ0) is 8.81. The maximum absolute atomic E-state index is 11.1. The molecule has 1 amide bonds. The van der Waals surface area contributed by atoms with Crippen molar-refractivity contribution in [3.63, 3.8) is 0 Å². The molecule has 1 aliphatic heterocycles. The summed E-state index contributed by atoms with van der Waals surface area (Å²) in [4.78, 5) is 11.1. The first kappa shape index (κ1) is 9.61. The number of rotatable bonds is 3. The molecule has 68 valence electrons. The van der Waals surface area contributed by atoms with Gasteiger partial charge in [-0.15, -0.1) is 0 Å². The molecule has 3 nitrogen and oxygen atoms in total. The van der Waals surface area contributed by atoms with Crippen LogP contribution >= 0.6 is 11.8 Å². The molecule has 0 saturated carbocycles. The minimum absolute atomic E-state index is 0.0204. The third-order valence-corrected chi connectivity index (χ3v) is 2.84. The first-order valence-corrected chi connectivity index (χ1v) is 5.23. The molecule has 1 aliphatic rings. The number of amides is 1. The van der Waals surface area contributed by atoms with Crippen LogP contribution in [0.2, 0.25) is 0 Å². The summed E-state index contributed by atoms with van der Waals surface area (Å²) in [5, 5.41) is 2.91. The van der Waals surface area contributed by atoms with E-state index >= 15 is 0 Å². The minimum atomic E-state index is -0.0204. The van der Waals surface area contributed by atoms with Crippen molar-refractivity contribution in [1.29, 1.82) is 0 Å². The molecule has 0 radical (unpaired) electrons. The molecule has 1 saturated heterocycles. The van der Waals surface area contributed by atoms with Gasteiger partial charge in [0.15, 0.2) is 0 Å². The molecule has 1 heterocycles. The third-order valence-electron chi connectivity index (χ3n) is 1.68. The van der Waals surface area contributed by atoms with Gasteiger partial charge in [-0.1, -0.05) is 6.08 Å². The number of carbonyl (C=O) groups excluding carboxylic acids is 1. The zero-order valence-corrected chi connectivity index (χ0v) is 7.77. The van der Waals surface area contributed by atoms with Crippen LogP contribution in [0.1, 0.15) is 6.42 Å². The molecule has 12 heavy (non-hydrogen) atoms. The van der Waals surface area contributed by atoms with E-state index in [0.717, 1.165) is 17.9 Å². The summed E-state index contributed by atoms with van der Waals surface area (Å²) < 4.78 is 0. The Morgan fingerprint density at radius 1 is 1.75 bits per heavy atom. The van der Waals surface area contributed by atoms with Crippen molar-refractivity contribution in [2.24, 2.45) is 5.73 Å². The molecule has 0 aliphatic carbocycles. The van der Waals surface area contributed by atoms with Crippen molar-refractivity contribution in [2.75, 3.05) is 18.1 Å². The second-order valence-corrected chi connectivity index (χ2v) is 3.86. The number of nitrogens with one attached hydrogen (secondary N) is 1. The molecule has 3 N–H and O–H groups in total. The molecule has 0 aromatic heterocycles. The molecule has 0 bridgehead atoms. The molecule has 0 spiro atoms. The van der Waals surface area contributed by atoms with Crippen molar-refractivity contribution in [3.05, 3.63) is 12.2 Å². The lowest BCUT2D eigenvalue weighted by Gasteiger charge is -2.07. The second-order valence-electron chi connectivity index (χ2n) is 2.71. The quantitative estimate of drug-likeness (QED) is 0.616. The highest BCUT2D eigenvalue weighted by Gasteiger charge is 2.15. The minimum Gasteiger partial charge on any atom is -0.349 e. The van der Waals surface area contributed by atoms with E-state index in [2.05, 4.69) is 5.32 Å². The molecule has 0 aromatic carbocycles. The van der Waals surface area contributed by atoms with Gasteiger partial charge in [0, 0.05) is 24.4 Å². The highest BCUT2D eigenvalue weighted by molar-refractivity contribution is 7.99. The van der Waals surface area contributed by atoms with E-state index in [1.165, 1.54) is 6.08 Å². The number of thioether (sulfide) groups is 1. The first-order chi connectivity index (χ1) is 5.83. The molecule has 1 atom stereocenters. The van der Waals surface area contributed by atoms with Gasteiger partial charge in [-0.3, -0.25) is 4.79 Å². The molecule has 4 heteroatoms. The lowest BCUT2D eigenvalue weighted by atomic mass is 10.2. The van der Waals surface area contributed by atoms with E-state index in [4.69, 9.17) is 5.73 Å². The van der Waals surface area contributed by atoms with Crippen LogP contribution in [-0.4, -0.2) is 30.0 Å². The normalized spacial score (nSPS) is 23.2. The van der Waals surface area contributed by atoms with Gasteiger partial charge in [-0.05, 0) is 12.2 Å². The van der Waals surface area contributed by atoms with E-state index in [1.807, 2.05) is 11.8 Å². The van der Waals surface area contributed by atoms with Crippen LogP contribution in [0.4, 0.5) is 0 Å². The summed E-state index contributed by atoms with van der Waals surface area (Å²) in [6.07, 6.45) is 4.26. The van der Waals surface area contributed by atoms with E-state index in [9.17, 15) is 4.79 Å². The Balaban J connectivity index is 2.20. The van der Waals surface area contributed by atoms with Gasteiger partial charge < -0.3 is 11.1 Å². The molecular weight excluding hydrogens is 172 g/mol. The van der Waals surface area contributed by atoms with Crippen LogP contribution in [0.25, 0.3) is 0 Å². The Morgan fingerprint density at radius 2 is 2.58 bits per heavy atom. The lowest BCUT2D eigenvalue weighted by Crippen LogP contribution is -2.33. The fourth-order valence-corrected chi connectivity index (χ4v) is 2.23.